The lowest BCUT2D eigenvalue weighted by Crippen LogP contribution is -2.33. The maximum Gasteiger partial charge on any atom is 0.264 e. The molecule has 0 aliphatic carbocycles. The lowest BCUT2D eigenvalue weighted by atomic mass is 9.96. The van der Waals surface area contributed by atoms with E-state index in [1.165, 1.54) is 0 Å². The molecular weight excluding hydrogens is 319 g/mol. The summed E-state index contributed by atoms with van der Waals surface area (Å²) in [4.78, 5) is 18.9. The van der Waals surface area contributed by atoms with Crippen LogP contribution >= 0.6 is 22.6 Å². The maximum atomic E-state index is 11.7. The Morgan fingerprint density at radius 2 is 2.00 bits per heavy atom. The summed E-state index contributed by atoms with van der Waals surface area (Å²) in [6, 6.07) is 0. The van der Waals surface area contributed by atoms with Gasteiger partial charge in [-0.3, -0.25) is 4.79 Å². The second kappa shape index (κ2) is 5.27. The minimum Gasteiger partial charge on any atom is -0.370 e. The van der Waals surface area contributed by atoms with Gasteiger partial charge in [0.2, 0.25) is 0 Å². The smallest absolute Gasteiger partial charge is 0.264 e. The predicted octanol–water partition coefficient (Wildman–Crippen LogP) is 2.34. The zero-order valence-corrected chi connectivity index (χ0v) is 12.2. The van der Waals surface area contributed by atoms with Gasteiger partial charge in [-0.2, -0.15) is 0 Å². The first-order chi connectivity index (χ1) is 7.50. The molecule has 1 aromatic heterocycles. The Morgan fingerprint density at radius 3 is 2.38 bits per heavy atom. The lowest BCUT2D eigenvalue weighted by molar-refractivity contribution is -0.0295. The van der Waals surface area contributed by atoms with Crippen molar-refractivity contribution >= 4 is 22.6 Å². The Kier molecular flexibility index (Phi) is 4.49. The van der Waals surface area contributed by atoms with Crippen molar-refractivity contribution in [2.24, 2.45) is 0 Å². The largest absolute Gasteiger partial charge is 0.370 e. The van der Waals surface area contributed by atoms with Crippen molar-refractivity contribution in [3.63, 3.8) is 0 Å². The third-order valence-corrected chi connectivity index (χ3v) is 4.26. The molecule has 0 saturated heterocycles. The molecule has 1 N–H and O–H groups in total. The molecule has 16 heavy (non-hydrogen) atoms. The fraction of sp³-hybridized carbons (Fsp3) is 0.636. The maximum absolute atomic E-state index is 11.7. The van der Waals surface area contributed by atoms with Gasteiger partial charge in [-0.1, -0.05) is 13.8 Å². The highest BCUT2D eigenvalue weighted by molar-refractivity contribution is 14.1. The van der Waals surface area contributed by atoms with E-state index < -0.39 is 5.60 Å². The molecule has 0 aliphatic heterocycles. The van der Waals surface area contributed by atoms with Crippen LogP contribution in [0.2, 0.25) is 0 Å². The Bertz CT molecular complexity index is 416. The Hall–Kier alpha value is -0.430. The van der Waals surface area contributed by atoms with E-state index in [-0.39, 0.29) is 5.56 Å². The van der Waals surface area contributed by atoms with Crippen LogP contribution in [0.3, 0.4) is 0 Å². The zero-order valence-electron chi connectivity index (χ0n) is 10.1. The van der Waals surface area contributed by atoms with Crippen molar-refractivity contribution in [2.75, 3.05) is 7.11 Å². The molecule has 0 unspecified atom stereocenters. The van der Waals surface area contributed by atoms with Crippen molar-refractivity contribution in [3.8, 4) is 0 Å². The third kappa shape index (κ3) is 2.29. The number of nitrogens with zero attached hydrogens (tertiary/aromatic N) is 1. The number of rotatable bonds is 4. The van der Waals surface area contributed by atoms with Crippen LogP contribution in [0.1, 0.15) is 38.2 Å². The molecule has 5 heteroatoms. The quantitative estimate of drug-likeness (QED) is 0.859. The monoisotopic (exact) mass is 336 g/mol. The van der Waals surface area contributed by atoms with E-state index >= 15 is 0 Å². The van der Waals surface area contributed by atoms with Crippen LogP contribution in [0.25, 0.3) is 0 Å². The molecular formula is C11H17IN2O2. The van der Waals surface area contributed by atoms with Gasteiger partial charge in [0.1, 0.15) is 11.4 Å². The minimum atomic E-state index is -0.478. The van der Waals surface area contributed by atoms with Crippen LogP contribution in [-0.4, -0.2) is 17.1 Å². The fourth-order valence-electron chi connectivity index (χ4n) is 1.76. The minimum absolute atomic E-state index is 0.0913. The zero-order chi connectivity index (χ0) is 12.3. The summed E-state index contributed by atoms with van der Waals surface area (Å²) in [5, 5.41) is 0. The molecule has 90 valence electrons. The van der Waals surface area contributed by atoms with Gasteiger partial charge in [-0.05, 0) is 42.4 Å². The summed E-state index contributed by atoms with van der Waals surface area (Å²) in [7, 11) is 1.65. The number of methoxy groups -OCH3 is 1. The first-order valence-corrected chi connectivity index (χ1v) is 6.40. The molecule has 0 aromatic carbocycles. The molecule has 0 fully saturated rings. The highest BCUT2D eigenvalue weighted by Gasteiger charge is 2.31. The number of nitrogens with one attached hydrogen (secondary N) is 1. The van der Waals surface area contributed by atoms with E-state index in [0.717, 1.165) is 18.5 Å². The van der Waals surface area contributed by atoms with Crippen molar-refractivity contribution in [3.05, 3.63) is 25.4 Å². The van der Waals surface area contributed by atoms with Gasteiger partial charge in [0.25, 0.3) is 5.56 Å². The molecule has 1 heterocycles. The lowest BCUT2D eigenvalue weighted by Gasteiger charge is -2.29. The molecule has 1 aromatic rings. The third-order valence-electron chi connectivity index (χ3n) is 2.99. The highest BCUT2D eigenvalue weighted by atomic mass is 127. The van der Waals surface area contributed by atoms with E-state index in [9.17, 15) is 4.79 Å². The van der Waals surface area contributed by atoms with E-state index in [4.69, 9.17) is 4.74 Å². The number of aromatic amines is 1. The van der Waals surface area contributed by atoms with E-state index in [1.54, 1.807) is 7.11 Å². The van der Waals surface area contributed by atoms with Crippen LogP contribution < -0.4 is 5.56 Å². The molecule has 1 rings (SSSR count). The van der Waals surface area contributed by atoms with Gasteiger partial charge in [0.05, 0.1) is 9.26 Å². The number of H-pyrrole nitrogens is 1. The van der Waals surface area contributed by atoms with Crippen LogP contribution in [0, 0.1) is 10.5 Å². The van der Waals surface area contributed by atoms with Crippen LogP contribution in [0.4, 0.5) is 0 Å². The first-order valence-electron chi connectivity index (χ1n) is 5.32. The topological polar surface area (TPSA) is 55.0 Å². The van der Waals surface area contributed by atoms with Crippen molar-refractivity contribution < 1.29 is 4.74 Å². The van der Waals surface area contributed by atoms with E-state index in [0.29, 0.717) is 9.39 Å². The van der Waals surface area contributed by atoms with Gasteiger partial charge in [-0.15, -0.1) is 0 Å². The number of hydrogen-bond acceptors (Lipinski definition) is 3. The molecule has 0 bridgehead atoms. The summed E-state index contributed by atoms with van der Waals surface area (Å²) in [6.45, 7) is 5.90. The molecule has 4 nitrogen and oxygen atoms in total. The molecule has 0 amide bonds. The molecule has 0 radical (unpaired) electrons. The number of hydrogen-bond donors (Lipinski definition) is 1. The van der Waals surface area contributed by atoms with Gasteiger partial charge < -0.3 is 9.72 Å². The predicted molar refractivity (Wildman–Crippen MR) is 71.6 cm³/mol. The molecule has 0 atom stereocenters. The van der Waals surface area contributed by atoms with Gasteiger partial charge >= 0.3 is 0 Å². The summed E-state index contributed by atoms with van der Waals surface area (Å²) in [5.41, 5.74) is 0.183. The van der Waals surface area contributed by atoms with Gasteiger partial charge in [0.15, 0.2) is 0 Å². The number of aromatic nitrogens is 2. The van der Waals surface area contributed by atoms with Crippen molar-refractivity contribution in [2.45, 2.75) is 39.2 Å². The van der Waals surface area contributed by atoms with Crippen LogP contribution in [-0.2, 0) is 10.3 Å². The number of aryl methyl sites for hydroxylation is 1. The van der Waals surface area contributed by atoms with Crippen LogP contribution in [0.15, 0.2) is 4.79 Å². The van der Waals surface area contributed by atoms with Gasteiger partial charge in [0, 0.05) is 7.11 Å². The molecule has 0 saturated carbocycles. The Balaban J connectivity index is 3.37. The normalized spacial score (nSPS) is 11.8. The summed E-state index contributed by atoms with van der Waals surface area (Å²) >= 11 is 2.00. The standard InChI is InChI=1S/C11H17IN2O2/c1-5-11(6-2,16-4)10-13-7(3)8(12)9(15)14-10/h5-6H2,1-4H3,(H,13,14,15). The second-order valence-corrected chi connectivity index (χ2v) is 4.80. The van der Waals surface area contributed by atoms with E-state index in [1.807, 2.05) is 43.4 Å². The molecule has 0 spiro atoms. The Labute approximate surface area is 109 Å². The van der Waals surface area contributed by atoms with Crippen LogP contribution in [0.5, 0.6) is 0 Å². The average Bonchev–Trinajstić information content (AvgIpc) is 2.29. The van der Waals surface area contributed by atoms with Gasteiger partial charge in [-0.25, -0.2) is 4.98 Å². The average molecular weight is 336 g/mol. The summed E-state index contributed by atoms with van der Waals surface area (Å²) in [5.74, 6) is 0.628. The fourth-order valence-corrected chi connectivity index (χ4v) is 2.01. The summed E-state index contributed by atoms with van der Waals surface area (Å²) in [6.07, 6.45) is 1.56. The number of ether oxygens (including phenoxy) is 1. The molecule has 0 aliphatic rings. The second-order valence-electron chi connectivity index (χ2n) is 3.72. The Morgan fingerprint density at radius 1 is 1.44 bits per heavy atom. The number of halogens is 1. The SMILES string of the molecule is CCC(CC)(OC)c1nc(C)c(I)c(=O)[nH]1. The van der Waals surface area contributed by atoms with Crippen molar-refractivity contribution in [1.29, 1.82) is 0 Å². The highest BCUT2D eigenvalue weighted by Crippen LogP contribution is 2.29. The summed E-state index contributed by atoms with van der Waals surface area (Å²) < 4.78 is 6.17. The first kappa shape index (κ1) is 13.6. The van der Waals surface area contributed by atoms with E-state index in [2.05, 4.69) is 9.97 Å². The van der Waals surface area contributed by atoms with Crippen molar-refractivity contribution in [1.82, 2.24) is 9.97 Å².